The number of para-hydroxylation sites is 2. The number of hydrogen-bond donors (Lipinski definition) is 1. The number of nitrogens with one attached hydrogen (secondary N) is 1. The largest absolute Gasteiger partial charge is 0.493 e. The number of amides is 1. The highest BCUT2D eigenvalue weighted by atomic mass is 16.5. The minimum absolute atomic E-state index is 0.235. The molecule has 1 heterocycles. The Bertz CT molecular complexity index is 1380. The van der Waals surface area contributed by atoms with Gasteiger partial charge in [0, 0.05) is 28.2 Å². The van der Waals surface area contributed by atoms with Crippen LogP contribution in [-0.4, -0.2) is 19.1 Å². The third-order valence-corrected chi connectivity index (χ3v) is 5.91. The summed E-state index contributed by atoms with van der Waals surface area (Å²) < 4.78 is 17.6. The van der Waals surface area contributed by atoms with E-state index in [-0.39, 0.29) is 5.91 Å². The van der Waals surface area contributed by atoms with Crippen LogP contribution in [0, 0.1) is 13.8 Å². The van der Waals surface area contributed by atoms with Crippen LogP contribution in [0.5, 0.6) is 11.5 Å². The van der Waals surface area contributed by atoms with Crippen LogP contribution >= 0.6 is 0 Å². The second-order valence-electron chi connectivity index (χ2n) is 8.45. The first-order chi connectivity index (χ1) is 16.9. The summed E-state index contributed by atoms with van der Waals surface area (Å²) in [4.78, 5) is 12.9. The molecule has 0 saturated carbocycles. The molecule has 35 heavy (non-hydrogen) atoms. The van der Waals surface area contributed by atoms with E-state index in [0.29, 0.717) is 24.7 Å². The fourth-order valence-electron chi connectivity index (χ4n) is 4.19. The predicted octanol–water partition coefficient (Wildman–Crippen LogP) is 7.56. The summed E-state index contributed by atoms with van der Waals surface area (Å²) in [6.45, 7) is 10.9. The van der Waals surface area contributed by atoms with Gasteiger partial charge in [-0.3, -0.25) is 4.79 Å². The van der Waals surface area contributed by atoms with Gasteiger partial charge in [-0.2, -0.15) is 0 Å². The molecule has 0 fully saturated rings. The zero-order valence-corrected chi connectivity index (χ0v) is 20.9. The normalized spacial score (nSPS) is 11.5. The molecule has 0 aliphatic carbocycles. The Morgan fingerprint density at radius 2 is 1.71 bits per heavy atom. The van der Waals surface area contributed by atoms with Crippen LogP contribution in [0.4, 0.5) is 5.69 Å². The lowest BCUT2D eigenvalue weighted by atomic mass is 9.96. The topological polar surface area (TPSA) is 60.7 Å². The Kier molecular flexibility index (Phi) is 7.25. The van der Waals surface area contributed by atoms with Gasteiger partial charge in [0.25, 0.3) is 0 Å². The number of furan rings is 1. The fourth-order valence-corrected chi connectivity index (χ4v) is 4.19. The van der Waals surface area contributed by atoms with Crippen LogP contribution in [0.1, 0.15) is 37.5 Å². The van der Waals surface area contributed by atoms with Gasteiger partial charge in [-0.1, -0.05) is 42.0 Å². The smallest absolute Gasteiger partial charge is 0.248 e. The molecule has 4 aromatic rings. The number of rotatable bonds is 8. The predicted molar refractivity (Wildman–Crippen MR) is 142 cm³/mol. The van der Waals surface area contributed by atoms with Gasteiger partial charge >= 0.3 is 0 Å². The molecule has 5 nitrogen and oxygen atoms in total. The van der Waals surface area contributed by atoms with Crippen molar-refractivity contribution < 1.29 is 18.7 Å². The molecular formula is C30H31NO4. The molecule has 1 N–H and O–H groups in total. The number of aryl methyl sites for hydroxylation is 2. The number of carbonyl (C=O) groups is 1. The highest BCUT2D eigenvalue weighted by Crippen LogP contribution is 2.41. The molecule has 0 saturated heterocycles. The maximum absolute atomic E-state index is 12.9. The van der Waals surface area contributed by atoms with Gasteiger partial charge in [-0.05, 0) is 64.0 Å². The maximum Gasteiger partial charge on any atom is 0.248 e. The lowest BCUT2D eigenvalue weighted by Crippen LogP contribution is -2.10. The van der Waals surface area contributed by atoms with Crippen LogP contribution in [0.25, 0.3) is 27.7 Å². The molecule has 3 aromatic carbocycles. The third-order valence-electron chi connectivity index (χ3n) is 5.91. The van der Waals surface area contributed by atoms with E-state index in [1.807, 2.05) is 52.0 Å². The second-order valence-corrected chi connectivity index (χ2v) is 8.45. The summed E-state index contributed by atoms with van der Waals surface area (Å²) in [6.07, 6.45) is 3.38. The van der Waals surface area contributed by atoms with E-state index in [1.165, 1.54) is 5.56 Å². The van der Waals surface area contributed by atoms with Crippen molar-refractivity contribution in [3.05, 3.63) is 83.6 Å². The quantitative estimate of drug-likeness (QED) is 0.271. The van der Waals surface area contributed by atoms with Crippen LogP contribution in [0.15, 0.2) is 71.4 Å². The average molecular weight is 470 g/mol. The summed E-state index contributed by atoms with van der Waals surface area (Å²) in [7, 11) is 0. The molecule has 0 aliphatic heterocycles. The Hall–Kier alpha value is -3.99. The highest BCUT2D eigenvalue weighted by molar-refractivity contribution is 6.06. The van der Waals surface area contributed by atoms with Crippen molar-refractivity contribution in [3.8, 4) is 22.6 Å². The van der Waals surface area contributed by atoms with E-state index in [1.54, 1.807) is 12.3 Å². The van der Waals surface area contributed by atoms with Crippen molar-refractivity contribution in [2.24, 2.45) is 0 Å². The van der Waals surface area contributed by atoms with Gasteiger partial charge in [-0.15, -0.1) is 0 Å². The Balaban J connectivity index is 1.75. The van der Waals surface area contributed by atoms with E-state index >= 15 is 0 Å². The lowest BCUT2D eigenvalue weighted by Gasteiger charge is -2.15. The van der Waals surface area contributed by atoms with Crippen molar-refractivity contribution >= 4 is 28.1 Å². The van der Waals surface area contributed by atoms with E-state index in [9.17, 15) is 4.79 Å². The van der Waals surface area contributed by atoms with Crippen molar-refractivity contribution in [2.75, 3.05) is 18.5 Å². The summed E-state index contributed by atoms with van der Waals surface area (Å²) in [6, 6.07) is 17.8. The van der Waals surface area contributed by atoms with Gasteiger partial charge in [0.05, 0.1) is 25.2 Å². The highest BCUT2D eigenvalue weighted by Gasteiger charge is 2.19. The molecule has 0 bridgehead atoms. The first-order valence-corrected chi connectivity index (χ1v) is 11.9. The molecule has 0 radical (unpaired) electrons. The summed E-state index contributed by atoms with van der Waals surface area (Å²) in [5, 5.41) is 3.92. The number of hydrogen-bond acceptors (Lipinski definition) is 4. The van der Waals surface area contributed by atoms with E-state index in [2.05, 4.69) is 42.6 Å². The Morgan fingerprint density at radius 1 is 1.00 bits per heavy atom. The first kappa shape index (κ1) is 24.1. The molecule has 1 aromatic heterocycles. The molecule has 1 amide bonds. The van der Waals surface area contributed by atoms with E-state index in [0.717, 1.165) is 44.5 Å². The molecule has 0 atom stereocenters. The maximum atomic E-state index is 12.9. The summed E-state index contributed by atoms with van der Waals surface area (Å²) in [5.74, 6) is 1.13. The lowest BCUT2D eigenvalue weighted by molar-refractivity contribution is -0.111. The zero-order chi connectivity index (χ0) is 24.9. The van der Waals surface area contributed by atoms with Gasteiger partial charge in [0.2, 0.25) is 5.91 Å². The second kappa shape index (κ2) is 10.5. The minimum Gasteiger partial charge on any atom is -0.493 e. The van der Waals surface area contributed by atoms with E-state index in [4.69, 9.17) is 13.9 Å². The molecule has 5 heteroatoms. The van der Waals surface area contributed by atoms with Gasteiger partial charge in [0.1, 0.15) is 17.1 Å². The van der Waals surface area contributed by atoms with Crippen molar-refractivity contribution in [2.45, 2.75) is 34.6 Å². The van der Waals surface area contributed by atoms with Crippen molar-refractivity contribution in [3.63, 3.8) is 0 Å². The number of allylic oxidation sites excluding steroid dienone is 1. The Labute approximate surface area is 206 Å². The average Bonchev–Trinajstić information content (AvgIpc) is 3.27. The first-order valence-electron chi connectivity index (χ1n) is 11.9. The monoisotopic (exact) mass is 469 g/mol. The number of ether oxygens (including phenoxy) is 2. The molecule has 0 unspecified atom stereocenters. The SMILES string of the molecule is CCOc1ccccc1NC(=O)/C=C(\C)c1cc2c(-c3ccc(C)cc3)coc2c(C)c1OCC. The molecule has 180 valence electrons. The van der Waals surface area contributed by atoms with Crippen molar-refractivity contribution in [1.29, 1.82) is 0 Å². The van der Waals surface area contributed by atoms with Gasteiger partial charge < -0.3 is 19.2 Å². The zero-order valence-electron chi connectivity index (χ0n) is 20.9. The Morgan fingerprint density at radius 3 is 2.43 bits per heavy atom. The minimum atomic E-state index is -0.235. The van der Waals surface area contributed by atoms with Crippen LogP contribution in [0.3, 0.4) is 0 Å². The molecule has 0 spiro atoms. The number of anilines is 1. The molecule has 4 rings (SSSR count). The number of carbonyl (C=O) groups excluding carboxylic acids is 1. The van der Waals surface area contributed by atoms with Crippen LogP contribution in [0.2, 0.25) is 0 Å². The standard InChI is InChI=1S/C30H31NO4/c1-6-33-27-11-9-8-10-26(27)31-28(32)16-20(4)23-17-24-25(22-14-12-19(3)13-15-22)18-35-30(24)21(5)29(23)34-7-2/h8-18H,6-7H2,1-5H3,(H,31,32)/b20-16+. The fraction of sp³-hybridized carbons (Fsp3) is 0.233. The van der Waals surface area contributed by atoms with Gasteiger partial charge in [-0.25, -0.2) is 0 Å². The van der Waals surface area contributed by atoms with Crippen LogP contribution in [-0.2, 0) is 4.79 Å². The van der Waals surface area contributed by atoms with Gasteiger partial charge in [0.15, 0.2) is 0 Å². The summed E-state index contributed by atoms with van der Waals surface area (Å²) in [5.41, 5.74) is 7.28. The van der Waals surface area contributed by atoms with Crippen LogP contribution < -0.4 is 14.8 Å². The third kappa shape index (κ3) is 5.09. The number of fused-ring (bicyclic) bond motifs is 1. The van der Waals surface area contributed by atoms with E-state index < -0.39 is 0 Å². The molecular weight excluding hydrogens is 438 g/mol. The van der Waals surface area contributed by atoms with Crippen molar-refractivity contribution in [1.82, 2.24) is 0 Å². The summed E-state index contributed by atoms with van der Waals surface area (Å²) >= 11 is 0. The molecule has 0 aliphatic rings. The number of benzene rings is 3.